The van der Waals surface area contributed by atoms with Crippen LogP contribution in [0.25, 0.3) is 0 Å². The SMILES string of the molecule is CCOCCN(CC)c1nccc(CN2CC3CCC(O)(c4ccc(F)cc4)C3C2)n1. The fourth-order valence-electron chi connectivity index (χ4n) is 5.18. The third kappa shape index (κ3) is 4.73. The molecule has 0 bridgehead atoms. The Morgan fingerprint density at radius 3 is 2.77 bits per heavy atom. The lowest BCUT2D eigenvalue weighted by molar-refractivity contribution is -0.00692. The zero-order valence-electron chi connectivity index (χ0n) is 18.5. The van der Waals surface area contributed by atoms with Gasteiger partial charge in [0.2, 0.25) is 5.95 Å². The predicted octanol–water partition coefficient (Wildman–Crippen LogP) is 3.21. The molecule has 6 nitrogen and oxygen atoms in total. The maximum absolute atomic E-state index is 13.4. The fourth-order valence-corrected chi connectivity index (χ4v) is 5.18. The van der Waals surface area contributed by atoms with Gasteiger partial charge in [0.1, 0.15) is 5.82 Å². The average Bonchev–Trinajstić information content (AvgIpc) is 3.32. The van der Waals surface area contributed by atoms with Crippen LogP contribution in [0.4, 0.5) is 10.3 Å². The maximum Gasteiger partial charge on any atom is 0.225 e. The molecule has 4 rings (SSSR count). The molecule has 2 aliphatic rings. The summed E-state index contributed by atoms with van der Waals surface area (Å²) in [6.07, 6.45) is 3.56. The Morgan fingerprint density at radius 2 is 2.03 bits per heavy atom. The predicted molar refractivity (Wildman–Crippen MR) is 118 cm³/mol. The molecule has 2 fully saturated rings. The Kier molecular flexibility index (Phi) is 6.84. The van der Waals surface area contributed by atoms with Crippen molar-refractivity contribution in [2.24, 2.45) is 11.8 Å². The summed E-state index contributed by atoms with van der Waals surface area (Å²) >= 11 is 0. The Morgan fingerprint density at radius 1 is 1.23 bits per heavy atom. The largest absolute Gasteiger partial charge is 0.385 e. The lowest BCUT2D eigenvalue weighted by atomic mass is 9.82. The Labute approximate surface area is 184 Å². The summed E-state index contributed by atoms with van der Waals surface area (Å²) < 4.78 is 18.8. The molecule has 0 amide bonds. The van der Waals surface area contributed by atoms with Gasteiger partial charge in [-0.1, -0.05) is 12.1 Å². The van der Waals surface area contributed by atoms with Crippen LogP contribution < -0.4 is 4.90 Å². The lowest BCUT2D eigenvalue weighted by Gasteiger charge is -2.31. The number of rotatable bonds is 9. The van der Waals surface area contributed by atoms with E-state index in [1.165, 1.54) is 12.1 Å². The molecular weight excluding hydrogens is 395 g/mol. The maximum atomic E-state index is 13.4. The Hall–Kier alpha value is -2.09. The monoisotopic (exact) mass is 428 g/mol. The summed E-state index contributed by atoms with van der Waals surface area (Å²) in [6.45, 7) is 9.58. The summed E-state index contributed by atoms with van der Waals surface area (Å²) in [6, 6.07) is 8.33. The van der Waals surface area contributed by atoms with Crippen molar-refractivity contribution in [2.45, 2.75) is 38.8 Å². The van der Waals surface area contributed by atoms with Crippen LogP contribution in [0.1, 0.15) is 37.9 Å². The van der Waals surface area contributed by atoms with Crippen LogP contribution in [0, 0.1) is 17.7 Å². The molecule has 1 saturated carbocycles. The quantitative estimate of drug-likeness (QED) is 0.619. The topological polar surface area (TPSA) is 61.7 Å². The molecule has 1 aliphatic carbocycles. The number of benzene rings is 1. The van der Waals surface area contributed by atoms with Gasteiger partial charge in [0, 0.05) is 51.4 Å². The summed E-state index contributed by atoms with van der Waals surface area (Å²) in [5.41, 5.74) is 0.952. The van der Waals surface area contributed by atoms with Crippen LogP contribution in [0.3, 0.4) is 0 Å². The van der Waals surface area contributed by atoms with Crippen molar-refractivity contribution >= 4 is 5.95 Å². The molecule has 1 aromatic carbocycles. The molecule has 3 unspecified atom stereocenters. The Bertz CT molecular complexity index is 865. The molecule has 1 aliphatic heterocycles. The van der Waals surface area contributed by atoms with Crippen LogP contribution in [0.2, 0.25) is 0 Å². The molecule has 0 spiro atoms. The smallest absolute Gasteiger partial charge is 0.225 e. The molecule has 31 heavy (non-hydrogen) atoms. The van der Waals surface area contributed by atoms with Gasteiger partial charge in [0.05, 0.1) is 17.9 Å². The number of halogens is 1. The van der Waals surface area contributed by atoms with Crippen molar-refractivity contribution in [3.05, 3.63) is 53.6 Å². The molecule has 2 aromatic rings. The van der Waals surface area contributed by atoms with Crippen molar-refractivity contribution in [2.75, 3.05) is 44.3 Å². The van der Waals surface area contributed by atoms with Crippen LogP contribution in [0.15, 0.2) is 36.5 Å². The number of hydrogen-bond donors (Lipinski definition) is 1. The van der Waals surface area contributed by atoms with E-state index in [1.807, 2.05) is 19.2 Å². The normalized spacial score (nSPS) is 25.7. The van der Waals surface area contributed by atoms with Gasteiger partial charge in [-0.25, -0.2) is 14.4 Å². The first-order chi connectivity index (χ1) is 15.0. The van der Waals surface area contributed by atoms with Crippen LogP contribution in [-0.2, 0) is 16.9 Å². The number of aliphatic hydroxyl groups is 1. The first-order valence-corrected chi connectivity index (χ1v) is 11.4. The summed E-state index contributed by atoms with van der Waals surface area (Å²) in [5.74, 6) is 1.09. The Balaban J connectivity index is 1.42. The minimum atomic E-state index is -0.873. The molecule has 1 N–H and O–H groups in total. The second-order valence-electron chi connectivity index (χ2n) is 8.66. The standard InChI is InChI=1S/C24H33FN4O2/c1-3-29(13-14-31-4-2)23-26-12-10-21(27-23)16-28-15-18-9-11-24(30,22(18)17-28)19-5-7-20(25)8-6-19/h5-8,10,12,18,22,30H,3-4,9,11,13-17H2,1-2H3. The fraction of sp³-hybridized carbons (Fsp3) is 0.583. The van der Waals surface area contributed by atoms with E-state index in [0.717, 1.165) is 62.8 Å². The van der Waals surface area contributed by atoms with Crippen LogP contribution >= 0.6 is 0 Å². The molecule has 7 heteroatoms. The first-order valence-electron chi connectivity index (χ1n) is 11.4. The second kappa shape index (κ2) is 9.59. The highest BCUT2D eigenvalue weighted by Crippen LogP contribution is 2.50. The van der Waals surface area contributed by atoms with Gasteiger partial charge in [0.15, 0.2) is 0 Å². The number of aromatic nitrogens is 2. The van der Waals surface area contributed by atoms with Crippen LogP contribution in [0.5, 0.6) is 0 Å². The van der Waals surface area contributed by atoms with Crippen molar-refractivity contribution < 1.29 is 14.2 Å². The van der Waals surface area contributed by atoms with E-state index < -0.39 is 5.60 Å². The highest BCUT2D eigenvalue weighted by Gasteiger charge is 2.52. The van der Waals surface area contributed by atoms with Gasteiger partial charge in [-0.3, -0.25) is 4.90 Å². The molecule has 2 heterocycles. The summed E-state index contributed by atoms with van der Waals surface area (Å²) in [4.78, 5) is 13.8. The van der Waals surface area contributed by atoms with Crippen molar-refractivity contribution in [1.82, 2.24) is 14.9 Å². The van der Waals surface area contributed by atoms with E-state index in [2.05, 4.69) is 21.7 Å². The van der Waals surface area contributed by atoms with E-state index >= 15 is 0 Å². The minimum absolute atomic E-state index is 0.164. The number of fused-ring (bicyclic) bond motifs is 1. The van der Waals surface area contributed by atoms with Gasteiger partial charge in [-0.05, 0) is 56.4 Å². The zero-order chi connectivity index (χ0) is 21.8. The summed E-state index contributed by atoms with van der Waals surface area (Å²) in [5, 5.41) is 11.5. The van der Waals surface area contributed by atoms with Crippen molar-refractivity contribution in [3.8, 4) is 0 Å². The van der Waals surface area contributed by atoms with Gasteiger partial charge in [0.25, 0.3) is 0 Å². The number of hydrogen-bond acceptors (Lipinski definition) is 6. The number of ether oxygens (including phenoxy) is 1. The van der Waals surface area contributed by atoms with E-state index in [1.54, 1.807) is 12.1 Å². The third-order valence-electron chi connectivity index (χ3n) is 6.83. The lowest BCUT2D eigenvalue weighted by Crippen LogP contribution is -2.34. The average molecular weight is 429 g/mol. The number of anilines is 1. The zero-order valence-corrected chi connectivity index (χ0v) is 18.5. The van der Waals surface area contributed by atoms with Gasteiger partial charge < -0.3 is 14.7 Å². The minimum Gasteiger partial charge on any atom is -0.385 e. The molecule has 1 saturated heterocycles. The first kappa shape index (κ1) is 22.1. The molecule has 0 radical (unpaired) electrons. The van der Waals surface area contributed by atoms with Gasteiger partial charge in [-0.2, -0.15) is 0 Å². The molecule has 1 aromatic heterocycles. The highest BCUT2D eigenvalue weighted by molar-refractivity contribution is 5.30. The molecule has 3 atom stereocenters. The van der Waals surface area contributed by atoms with Gasteiger partial charge >= 0.3 is 0 Å². The number of likely N-dealkylation sites (N-methyl/N-ethyl adjacent to an activating group) is 1. The van der Waals surface area contributed by atoms with Crippen molar-refractivity contribution in [1.29, 1.82) is 0 Å². The van der Waals surface area contributed by atoms with Gasteiger partial charge in [-0.15, -0.1) is 0 Å². The second-order valence-corrected chi connectivity index (χ2v) is 8.66. The number of nitrogens with zero attached hydrogens (tertiary/aromatic N) is 4. The number of likely N-dealkylation sites (tertiary alicyclic amines) is 1. The van der Waals surface area contributed by atoms with Crippen LogP contribution in [-0.4, -0.2) is 59.4 Å². The van der Waals surface area contributed by atoms with Crippen molar-refractivity contribution in [3.63, 3.8) is 0 Å². The summed E-state index contributed by atoms with van der Waals surface area (Å²) in [7, 11) is 0. The van der Waals surface area contributed by atoms with E-state index in [-0.39, 0.29) is 11.7 Å². The third-order valence-corrected chi connectivity index (χ3v) is 6.83. The molecule has 168 valence electrons. The van der Waals surface area contributed by atoms with E-state index in [9.17, 15) is 9.50 Å². The molecular formula is C24H33FN4O2. The van der Waals surface area contributed by atoms with E-state index in [0.29, 0.717) is 19.1 Å². The van der Waals surface area contributed by atoms with E-state index in [4.69, 9.17) is 9.72 Å². The highest BCUT2D eigenvalue weighted by atomic mass is 19.1.